The Morgan fingerprint density at radius 2 is 1.12 bits per heavy atom. The van der Waals surface area contributed by atoms with Gasteiger partial charge >= 0.3 is 5.97 Å². The summed E-state index contributed by atoms with van der Waals surface area (Å²) >= 11 is 0. The van der Waals surface area contributed by atoms with Gasteiger partial charge in [-0.3, -0.25) is 14.2 Å². The van der Waals surface area contributed by atoms with Crippen LogP contribution in [0.4, 0.5) is 0 Å². The zero-order valence-corrected chi connectivity index (χ0v) is 51.2. The third-order valence-electron chi connectivity index (χ3n) is 7.35. The van der Waals surface area contributed by atoms with Gasteiger partial charge in [0.1, 0.15) is 28.7 Å². The Hall–Kier alpha value is -3.82. The summed E-state index contributed by atoms with van der Waals surface area (Å²) in [7, 11) is -5.57. The molecule has 420 valence electrons. The SMILES string of the molecule is CB(O)CC(C)(C)C.CC(=O)CC(C)(C)C.CC(=O)Cn1nnc(CC(C)(C)C)n1.CC(C)(C)CP(C)(=O)O.CC(C)(C)CS(C)(=O)=O.CC(C)(C)Cc1nn[nH]n1.CC(C)(C)Cc1nnnn1CC(=O)O. The van der Waals surface area contributed by atoms with Crippen molar-refractivity contribution < 1.29 is 42.4 Å². The molecule has 0 bridgehead atoms. The molecule has 4 N–H and O–H groups in total. The Bertz CT molecular complexity index is 2120. The highest BCUT2D eigenvalue weighted by Gasteiger charge is 2.22. The van der Waals surface area contributed by atoms with E-state index in [0.717, 1.165) is 25.0 Å². The van der Waals surface area contributed by atoms with Gasteiger partial charge in [0.15, 0.2) is 30.6 Å². The van der Waals surface area contributed by atoms with Crippen LogP contribution in [0.15, 0.2) is 0 Å². The number of aliphatic carboxylic acids is 1. The average Bonchev–Trinajstić information content (AvgIpc) is 3.78. The number of aromatic nitrogens is 12. The molecule has 0 aliphatic heterocycles. The van der Waals surface area contributed by atoms with Gasteiger partial charge in [-0.25, -0.2) is 13.1 Å². The van der Waals surface area contributed by atoms with E-state index in [-0.39, 0.29) is 75.2 Å². The van der Waals surface area contributed by atoms with Crippen molar-refractivity contribution in [3.05, 3.63) is 17.5 Å². The Morgan fingerprint density at radius 1 is 0.653 bits per heavy atom. The standard InChI is InChI=1S/C9H16N4O.C8H14N4O2.C7H14O.C6H15BO.C6H12N4.C6H15O2P.C6H14O2S/c1-7(14)6-13-11-8(10-12-13)5-9(2,3)4;1-8(2,3)4-6-9-10-11-12(6)5-7(13)14;1-6(8)5-7(2,3)4;1-6(2,3)5-7(4)8;1-6(2,3)4-5-7-9-10-8-5;2*1-6(2,3)5-9(4,7)8/h5-6H2,1-4H3;4-5H2,1-3H3,(H,13,14);5H2,1-4H3;8H,5H2,1-4H3;4H2,1-3H3,(H,7,8,9,10);5H2,1-4H3,(H,7,8);5H2,1-4H3. The number of aromatic amines is 1. The van der Waals surface area contributed by atoms with Crippen LogP contribution in [0.3, 0.4) is 0 Å². The first-order chi connectivity index (χ1) is 31.6. The Labute approximate surface area is 434 Å². The zero-order chi connectivity index (χ0) is 58.1. The molecule has 0 amide bonds. The van der Waals surface area contributed by atoms with Crippen molar-refractivity contribution in [2.45, 2.75) is 211 Å². The molecule has 0 aliphatic rings. The van der Waals surface area contributed by atoms with Gasteiger partial charge in [0.2, 0.25) is 0 Å². The fourth-order valence-corrected chi connectivity index (χ4v) is 9.53. The Kier molecular flexibility index (Phi) is 33.0. The van der Waals surface area contributed by atoms with Crippen LogP contribution in [0, 0.1) is 37.9 Å². The number of carbonyl (C=O) groups excluding carboxylic acids is 2. The molecule has 1 atom stereocenters. The van der Waals surface area contributed by atoms with Gasteiger partial charge in [0.05, 0.1) is 5.75 Å². The molecule has 0 saturated carbocycles. The molecule has 3 aromatic heterocycles. The van der Waals surface area contributed by atoms with Crippen LogP contribution in [-0.4, -0.2) is 134 Å². The first-order valence-corrected chi connectivity index (χ1v) is 28.5. The van der Waals surface area contributed by atoms with Gasteiger partial charge in [-0.1, -0.05) is 157 Å². The number of carboxylic acids is 1. The van der Waals surface area contributed by atoms with Gasteiger partial charge in [-0.2, -0.15) is 10.0 Å². The second kappa shape index (κ2) is 31.8. The van der Waals surface area contributed by atoms with Crippen LogP contribution >= 0.6 is 7.37 Å². The number of hydrogen-bond donors (Lipinski definition) is 4. The van der Waals surface area contributed by atoms with Crippen LogP contribution in [0.1, 0.15) is 183 Å². The number of Topliss-reactive ketones (excluding diaryl/α,β-unsaturated/α-hetero) is 2. The number of nitrogens with one attached hydrogen (secondary N) is 1. The molecule has 0 aliphatic carbocycles. The molecule has 72 heavy (non-hydrogen) atoms. The third kappa shape index (κ3) is 62.3. The number of H-pyrrole nitrogens is 1. The molecule has 1 unspecified atom stereocenters. The molecular weight excluding hydrogens is 962 g/mol. The molecule has 0 fully saturated rings. The van der Waals surface area contributed by atoms with Crippen molar-refractivity contribution in [3.8, 4) is 0 Å². The lowest BCUT2D eigenvalue weighted by molar-refractivity contribution is -0.138. The summed E-state index contributed by atoms with van der Waals surface area (Å²) in [6, 6.07) is 0. The maximum absolute atomic E-state index is 10.8. The zero-order valence-electron chi connectivity index (χ0n) is 49.5. The van der Waals surface area contributed by atoms with E-state index in [0.29, 0.717) is 30.7 Å². The molecular formula is C48H100BN12O9PS. The van der Waals surface area contributed by atoms with Crippen molar-refractivity contribution in [2.24, 2.45) is 37.9 Å². The molecule has 3 heterocycles. The van der Waals surface area contributed by atoms with E-state index in [2.05, 4.69) is 135 Å². The van der Waals surface area contributed by atoms with Crippen LogP contribution < -0.4 is 0 Å². The van der Waals surface area contributed by atoms with Crippen LogP contribution in [-0.2, 0) is 61.1 Å². The number of tetrazole rings is 3. The second-order valence-corrected chi connectivity index (χ2v) is 31.6. The summed E-state index contributed by atoms with van der Waals surface area (Å²) in [4.78, 5) is 42.0. The van der Waals surface area contributed by atoms with E-state index in [4.69, 9.17) is 15.0 Å². The minimum Gasteiger partial charge on any atom is -0.480 e. The molecule has 0 radical (unpaired) electrons. The summed E-state index contributed by atoms with van der Waals surface area (Å²) in [5.41, 5.74) is 0.742. The third-order valence-corrected chi connectivity index (χ3v) is 10.3. The van der Waals surface area contributed by atoms with E-state index >= 15 is 0 Å². The Balaban J connectivity index is -0.000000380. The van der Waals surface area contributed by atoms with Crippen molar-refractivity contribution in [1.82, 2.24) is 61.0 Å². The number of ketones is 2. The number of carbonyl (C=O) groups is 3. The lowest BCUT2D eigenvalue weighted by Gasteiger charge is -2.19. The van der Waals surface area contributed by atoms with E-state index in [9.17, 15) is 27.4 Å². The number of carboxylic acid groups (broad SMARTS) is 1. The lowest BCUT2D eigenvalue weighted by Crippen LogP contribution is -2.19. The highest BCUT2D eigenvalue weighted by atomic mass is 32.2. The van der Waals surface area contributed by atoms with Crippen molar-refractivity contribution in [1.29, 1.82) is 0 Å². The number of sulfone groups is 1. The van der Waals surface area contributed by atoms with Crippen molar-refractivity contribution in [3.63, 3.8) is 0 Å². The maximum atomic E-state index is 10.8. The predicted molar refractivity (Wildman–Crippen MR) is 290 cm³/mol. The van der Waals surface area contributed by atoms with Gasteiger partial charge in [0.25, 0.3) is 6.92 Å². The van der Waals surface area contributed by atoms with E-state index in [1.54, 1.807) is 6.92 Å². The quantitative estimate of drug-likeness (QED) is 0.103. The number of hydrogen-bond acceptors (Lipinski definition) is 16. The molecule has 3 aromatic rings. The van der Waals surface area contributed by atoms with Crippen molar-refractivity contribution in [2.75, 3.05) is 24.8 Å². The molecule has 0 aromatic carbocycles. The summed E-state index contributed by atoms with van der Waals surface area (Å²) < 4.78 is 33.4. The van der Waals surface area contributed by atoms with Crippen LogP contribution in [0.2, 0.25) is 13.1 Å². The second-order valence-electron chi connectivity index (χ2n) is 27.1. The fraction of sp³-hybridized carbons (Fsp3) is 0.875. The summed E-state index contributed by atoms with van der Waals surface area (Å²) in [5.74, 6) is 1.72. The van der Waals surface area contributed by atoms with Gasteiger partial charge < -0.3 is 19.8 Å². The average molecular weight is 1060 g/mol. The lowest BCUT2D eigenvalue weighted by atomic mass is 9.60. The molecule has 21 nitrogen and oxygen atoms in total. The highest BCUT2D eigenvalue weighted by Crippen LogP contribution is 2.41. The smallest absolute Gasteiger partial charge is 0.325 e. The molecule has 0 spiro atoms. The van der Waals surface area contributed by atoms with Crippen LogP contribution in [0.5, 0.6) is 0 Å². The summed E-state index contributed by atoms with van der Waals surface area (Å²) in [6.07, 6.45) is 5.53. The summed E-state index contributed by atoms with van der Waals surface area (Å²) in [6.45, 7) is 49.3. The fourth-order valence-electron chi connectivity index (χ4n) is 6.19. The minimum absolute atomic E-state index is 0.0287. The molecule has 24 heteroatoms. The van der Waals surface area contributed by atoms with Gasteiger partial charge in [-0.05, 0) is 73.7 Å². The molecule has 0 saturated heterocycles. The summed E-state index contributed by atoms with van der Waals surface area (Å²) in [5, 5.41) is 53.7. The van der Waals surface area contributed by atoms with E-state index in [1.165, 1.54) is 29.3 Å². The maximum Gasteiger partial charge on any atom is 0.325 e. The van der Waals surface area contributed by atoms with Gasteiger partial charge in [-0.15, -0.1) is 25.5 Å². The first kappa shape index (κ1) is 74.7. The Morgan fingerprint density at radius 3 is 1.38 bits per heavy atom. The monoisotopic (exact) mass is 1060 g/mol. The highest BCUT2D eigenvalue weighted by molar-refractivity contribution is 7.90. The minimum atomic E-state index is -2.79. The topological polar surface area (TPSA) is 305 Å². The van der Waals surface area contributed by atoms with Crippen molar-refractivity contribution >= 4 is 41.7 Å². The van der Waals surface area contributed by atoms with Gasteiger partial charge in [0, 0.05) is 44.8 Å². The van der Waals surface area contributed by atoms with Crippen LogP contribution in [0.25, 0.3) is 0 Å². The van der Waals surface area contributed by atoms with E-state index < -0.39 is 23.2 Å². The first-order valence-electron chi connectivity index (χ1n) is 24.2. The number of rotatable bonds is 11. The largest absolute Gasteiger partial charge is 0.480 e. The number of nitrogens with zero attached hydrogens (tertiary/aromatic N) is 11. The normalized spacial score (nSPS) is 12.9. The molecule has 3 rings (SSSR count). The van der Waals surface area contributed by atoms with E-state index in [1.807, 2.05) is 69.1 Å². The predicted octanol–water partition coefficient (Wildman–Crippen LogP) is 8.65.